The van der Waals surface area contributed by atoms with Crippen molar-refractivity contribution in [2.45, 2.75) is 31.6 Å². The average molecular weight is 229 g/mol. The summed E-state index contributed by atoms with van der Waals surface area (Å²) in [5.74, 6) is -3.96. The van der Waals surface area contributed by atoms with Crippen molar-refractivity contribution in [2.75, 3.05) is 0 Å². The first-order chi connectivity index (χ1) is 6.31. The van der Waals surface area contributed by atoms with Crippen LogP contribution in [0.3, 0.4) is 0 Å². The molecule has 4 N–H and O–H groups in total. The summed E-state index contributed by atoms with van der Waals surface area (Å²) in [7, 11) is -4.67. The minimum absolute atomic E-state index is 0.223. The van der Waals surface area contributed by atoms with Crippen molar-refractivity contribution in [3.8, 4) is 0 Å². The molecule has 0 saturated carbocycles. The monoisotopic (exact) mass is 229 g/mol. The summed E-state index contributed by atoms with van der Waals surface area (Å²) in [5.41, 5.74) is 5.04. The Labute approximate surface area is 81.2 Å². The van der Waals surface area contributed by atoms with Gasteiger partial charge in [-0.2, -0.15) is 13.5 Å². The number of sulfonamides is 1. The van der Waals surface area contributed by atoms with Crippen LogP contribution >= 0.6 is 0 Å². The van der Waals surface area contributed by atoms with Crippen LogP contribution in [-0.4, -0.2) is 26.1 Å². The molecule has 0 fully saturated rings. The van der Waals surface area contributed by atoms with E-state index in [1.54, 1.807) is 11.6 Å². The molecule has 8 heteroatoms. The molecule has 14 heavy (non-hydrogen) atoms. The molecule has 0 rings (SSSR count). The van der Waals surface area contributed by atoms with Crippen LogP contribution in [0.25, 0.3) is 0 Å². The third-order valence-corrected chi connectivity index (χ3v) is 2.58. The van der Waals surface area contributed by atoms with Crippen LogP contribution in [0.2, 0.25) is 0 Å². The van der Waals surface area contributed by atoms with Crippen LogP contribution < -0.4 is 10.5 Å². The molecule has 0 aromatic rings. The Morgan fingerprint density at radius 3 is 2.36 bits per heavy atom. The summed E-state index contributed by atoms with van der Waals surface area (Å²) in [4.78, 5) is 0. The number of nitrogens with one attached hydrogen (secondary N) is 2. The SMILES string of the molecule is CCCC(NS(=O)(=O)C(F)F)C(=N)N. The number of halogens is 2. The fourth-order valence-corrected chi connectivity index (χ4v) is 1.56. The molecule has 0 aliphatic rings. The number of nitrogens with two attached hydrogens (primary N) is 1. The first kappa shape index (κ1) is 13.2. The molecule has 0 bridgehead atoms. The van der Waals surface area contributed by atoms with Crippen LogP contribution in [0.15, 0.2) is 0 Å². The summed E-state index contributed by atoms with van der Waals surface area (Å²) >= 11 is 0. The molecule has 0 spiro atoms. The van der Waals surface area contributed by atoms with Gasteiger partial charge in [-0.1, -0.05) is 13.3 Å². The van der Waals surface area contributed by atoms with Gasteiger partial charge in [0.2, 0.25) is 0 Å². The third-order valence-electron chi connectivity index (χ3n) is 1.49. The van der Waals surface area contributed by atoms with Gasteiger partial charge in [-0.05, 0) is 6.42 Å². The molecule has 0 aromatic carbocycles. The van der Waals surface area contributed by atoms with Crippen molar-refractivity contribution >= 4 is 15.9 Å². The summed E-state index contributed by atoms with van der Waals surface area (Å²) in [6, 6.07) is -1.04. The summed E-state index contributed by atoms with van der Waals surface area (Å²) in [6.45, 7) is 1.73. The Balaban J connectivity index is 4.53. The normalized spacial score (nSPS) is 14.3. The van der Waals surface area contributed by atoms with E-state index in [4.69, 9.17) is 11.1 Å². The van der Waals surface area contributed by atoms with Crippen LogP contribution in [0, 0.1) is 5.41 Å². The van der Waals surface area contributed by atoms with Gasteiger partial charge in [-0.3, -0.25) is 5.41 Å². The Hall–Kier alpha value is -0.760. The molecule has 0 aromatic heterocycles. The van der Waals surface area contributed by atoms with Crippen molar-refractivity contribution in [3.05, 3.63) is 0 Å². The van der Waals surface area contributed by atoms with Gasteiger partial charge in [-0.25, -0.2) is 8.42 Å². The zero-order valence-electron chi connectivity index (χ0n) is 7.63. The van der Waals surface area contributed by atoms with Gasteiger partial charge in [0.25, 0.3) is 10.0 Å². The van der Waals surface area contributed by atoms with Gasteiger partial charge >= 0.3 is 5.76 Å². The highest BCUT2D eigenvalue weighted by molar-refractivity contribution is 7.89. The summed E-state index contributed by atoms with van der Waals surface area (Å²) < 4.78 is 46.9. The molecule has 5 nitrogen and oxygen atoms in total. The van der Waals surface area contributed by atoms with Gasteiger partial charge in [-0.15, -0.1) is 0 Å². The minimum atomic E-state index is -4.67. The Morgan fingerprint density at radius 1 is 1.57 bits per heavy atom. The fourth-order valence-electron chi connectivity index (χ4n) is 0.816. The van der Waals surface area contributed by atoms with E-state index in [1.807, 2.05) is 0 Å². The van der Waals surface area contributed by atoms with Gasteiger partial charge in [0.15, 0.2) is 0 Å². The molecule has 0 heterocycles. The van der Waals surface area contributed by atoms with E-state index in [0.717, 1.165) is 0 Å². The van der Waals surface area contributed by atoms with Gasteiger partial charge in [0.05, 0.1) is 6.04 Å². The van der Waals surface area contributed by atoms with Crippen molar-refractivity contribution < 1.29 is 17.2 Å². The maximum absolute atomic E-state index is 11.9. The highest BCUT2D eigenvalue weighted by Gasteiger charge is 2.27. The lowest BCUT2D eigenvalue weighted by molar-refractivity contribution is 0.232. The highest BCUT2D eigenvalue weighted by Crippen LogP contribution is 2.05. The van der Waals surface area contributed by atoms with Crippen molar-refractivity contribution in [2.24, 2.45) is 5.73 Å². The Bertz CT molecular complexity index is 291. The molecule has 0 saturated heterocycles. The van der Waals surface area contributed by atoms with Crippen molar-refractivity contribution in [3.63, 3.8) is 0 Å². The van der Waals surface area contributed by atoms with E-state index in [9.17, 15) is 17.2 Å². The minimum Gasteiger partial charge on any atom is -0.386 e. The topological polar surface area (TPSA) is 96.0 Å². The molecular weight excluding hydrogens is 216 g/mol. The lowest BCUT2D eigenvalue weighted by Gasteiger charge is -2.15. The summed E-state index contributed by atoms with van der Waals surface area (Å²) in [5, 5.41) is 6.98. The lowest BCUT2D eigenvalue weighted by Crippen LogP contribution is -2.45. The van der Waals surface area contributed by atoms with Crippen molar-refractivity contribution in [1.82, 2.24) is 4.72 Å². The Kier molecular flexibility index (Phi) is 4.92. The first-order valence-corrected chi connectivity index (χ1v) is 5.49. The number of alkyl halides is 2. The quantitative estimate of drug-likeness (QED) is 0.449. The fraction of sp³-hybridized carbons (Fsp3) is 0.833. The van der Waals surface area contributed by atoms with E-state index < -0.39 is 27.7 Å². The maximum atomic E-state index is 11.9. The lowest BCUT2D eigenvalue weighted by atomic mass is 10.2. The zero-order valence-corrected chi connectivity index (χ0v) is 8.44. The number of hydrogen-bond acceptors (Lipinski definition) is 3. The molecule has 0 aliphatic heterocycles. The molecule has 0 radical (unpaired) electrons. The van der Waals surface area contributed by atoms with E-state index in [2.05, 4.69) is 0 Å². The van der Waals surface area contributed by atoms with E-state index in [1.165, 1.54) is 0 Å². The summed E-state index contributed by atoms with van der Waals surface area (Å²) in [6.07, 6.45) is 0.761. The second kappa shape index (κ2) is 5.20. The maximum Gasteiger partial charge on any atom is 0.350 e. The van der Waals surface area contributed by atoms with Crippen LogP contribution in [0.5, 0.6) is 0 Å². The molecular formula is C6H13F2N3O2S. The van der Waals surface area contributed by atoms with Crippen LogP contribution in [0.4, 0.5) is 8.78 Å². The van der Waals surface area contributed by atoms with Gasteiger partial charge < -0.3 is 5.73 Å². The van der Waals surface area contributed by atoms with Gasteiger partial charge in [0, 0.05) is 0 Å². The smallest absolute Gasteiger partial charge is 0.350 e. The highest BCUT2D eigenvalue weighted by atomic mass is 32.2. The van der Waals surface area contributed by atoms with Gasteiger partial charge in [0.1, 0.15) is 5.84 Å². The molecule has 0 amide bonds. The van der Waals surface area contributed by atoms with E-state index >= 15 is 0 Å². The van der Waals surface area contributed by atoms with Crippen molar-refractivity contribution in [1.29, 1.82) is 5.41 Å². The molecule has 84 valence electrons. The second-order valence-corrected chi connectivity index (χ2v) is 4.40. The zero-order chi connectivity index (χ0) is 11.4. The van der Waals surface area contributed by atoms with E-state index in [0.29, 0.717) is 6.42 Å². The second-order valence-electron chi connectivity index (χ2n) is 2.72. The standard InChI is InChI=1S/C6H13F2N3O2S/c1-2-3-4(5(9)10)11-14(12,13)6(7)8/h4,6,11H,2-3H2,1H3,(H3,9,10). The average Bonchev–Trinajstić information content (AvgIpc) is 2.02. The predicted molar refractivity (Wildman–Crippen MR) is 48.7 cm³/mol. The Morgan fingerprint density at radius 2 is 2.07 bits per heavy atom. The largest absolute Gasteiger partial charge is 0.386 e. The first-order valence-electron chi connectivity index (χ1n) is 3.94. The molecule has 1 atom stereocenters. The van der Waals surface area contributed by atoms with Crippen LogP contribution in [-0.2, 0) is 10.0 Å². The molecule has 0 aliphatic carbocycles. The van der Waals surface area contributed by atoms with E-state index in [-0.39, 0.29) is 6.42 Å². The van der Waals surface area contributed by atoms with Crippen LogP contribution in [0.1, 0.15) is 19.8 Å². The number of amidine groups is 1. The third kappa shape index (κ3) is 3.97. The number of hydrogen-bond donors (Lipinski definition) is 3. The predicted octanol–water partition coefficient (Wildman–Crippen LogP) is 0.233. The number of rotatable bonds is 6. The molecule has 1 unspecified atom stereocenters.